The minimum Gasteiger partial charge on any atom is -0.314 e. The molecule has 1 heterocycles. The van der Waals surface area contributed by atoms with E-state index in [4.69, 9.17) is 0 Å². The number of nitrogens with zero attached hydrogens (tertiary/aromatic N) is 1. The average molecular weight is 283 g/mol. The summed E-state index contributed by atoms with van der Waals surface area (Å²) in [7, 11) is 0. The molecule has 1 fully saturated rings. The van der Waals surface area contributed by atoms with E-state index >= 15 is 0 Å². The lowest BCUT2D eigenvalue weighted by Gasteiger charge is -2.29. The van der Waals surface area contributed by atoms with E-state index in [1.54, 1.807) is 0 Å². The van der Waals surface area contributed by atoms with Gasteiger partial charge in [0.15, 0.2) is 0 Å². The Balaban J connectivity index is 1.91. The molecule has 0 spiro atoms. The fourth-order valence-electron chi connectivity index (χ4n) is 2.18. The van der Waals surface area contributed by atoms with Crippen LogP contribution in [0.25, 0.3) is 0 Å². The smallest absolute Gasteiger partial charge is 0.0175 e. The first-order valence-corrected chi connectivity index (χ1v) is 6.73. The third-order valence-electron chi connectivity index (χ3n) is 3.18. The second kappa shape index (κ2) is 5.80. The van der Waals surface area contributed by atoms with Crippen molar-refractivity contribution in [2.24, 2.45) is 0 Å². The first kappa shape index (κ1) is 12.1. The Morgan fingerprint density at radius 1 is 1.25 bits per heavy atom. The van der Waals surface area contributed by atoms with E-state index in [1.165, 1.54) is 25.2 Å². The lowest BCUT2D eigenvalue weighted by atomic mass is 10.0. The van der Waals surface area contributed by atoms with Gasteiger partial charge in [-0.3, -0.25) is 0 Å². The second-order valence-corrected chi connectivity index (χ2v) is 5.42. The van der Waals surface area contributed by atoms with E-state index in [9.17, 15) is 0 Å². The number of benzene rings is 1. The molecule has 1 saturated heterocycles. The SMILES string of the molecule is CC(CN1CCNCC1)c1ccc(Br)cc1. The molecule has 1 aliphatic heterocycles. The number of hydrogen-bond acceptors (Lipinski definition) is 2. The zero-order valence-electron chi connectivity index (χ0n) is 9.75. The highest BCUT2D eigenvalue weighted by Gasteiger charge is 2.13. The largest absolute Gasteiger partial charge is 0.314 e. The normalized spacial score (nSPS) is 19.6. The van der Waals surface area contributed by atoms with Crippen LogP contribution in [0.15, 0.2) is 28.7 Å². The van der Waals surface area contributed by atoms with Crippen LogP contribution in [0.4, 0.5) is 0 Å². The van der Waals surface area contributed by atoms with Crippen LogP contribution in [-0.4, -0.2) is 37.6 Å². The lowest BCUT2D eigenvalue weighted by molar-refractivity contribution is 0.230. The van der Waals surface area contributed by atoms with Crippen LogP contribution in [0.3, 0.4) is 0 Å². The molecule has 1 unspecified atom stereocenters. The fourth-order valence-corrected chi connectivity index (χ4v) is 2.44. The summed E-state index contributed by atoms with van der Waals surface area (Å²) in [4.78, 5) is 2.54. The first-order chi connectivity index (χ1) is 7.75. The molecule has 1 atom stereocenters. The van der Waals surface area contributed by atoms with Gasteiger partial charge in [-0.15, -0.1) is 0 Å². The highest BCUT2D eigenvalue weighted by molar-refractivity contribution is 9.10. The van der Waals surface area contributed by atoms with Crippen molar-refractivity contribution in [2.45, 2.75) is 12.8 Å². The highest BCUT2D eigenvalue weighted by atomic mass is 79.9. The minimum atomic E-state index is 0.617. The van der Waals surface area contributed by atoms with Crippen LogP contribution in [0, 0.1) is 0 Å². The molecular weight excluding hydrogens is 264 g/mol. The van der Waals surface area contributed by atoms with Crippen molar-refractivity contribution in [3.8, 4) is 0 Å². The molecule has 1 aliphatic rings. The van der Waals surface area contributed by atoms with Crippen LogP contribution in [-0.2, 0) is 0 Å². The van der Waals surface area contributed by atoms with Crippen molar-refractivity contribution >= 4 is 15.9 Å². The van der Waals surface area contributed by atoms with E-state index < -0.39 is 0 Å². The van der Waals surface area contributed by atoms with Crippen molar-refractivity contribution < 1.29 is 0 Å². The molecule has 0 aliphatic carbocycles. The molecule has 0 bridgehead atoms. The molecule has 16 heavy (non-hydrogen) atoms. The Labute approximate surface area is 106 Å². The summed E-state index contributed by atoms with van der Waals surface area (Å²) in [5.41, 5.74) is 1.43. The van der Waals surface area contributed by atoms with Crippen molar-refractivity contribution in [2.75, 3.05) is 32.7 Å². The Morgan fingerprint density at radius 2 is 1.88 bits per heavy atom. The van der Waals surface area contributed by atoms with Gasteiger partial charge >= 0.3 is 0 Å². The van der Waals surface area contributed by atoms with Gasteiger partial charge in [0.1, 0.15) is 0 Å². The van der Waals surface area contributed by atoms with Gasteiger partial charge in [-0.25, -0.2) is 0 Å². The van der Waals surface area contributed by atoms with Crippen LogP contribution >= 0.6 is 15.9 Å². The van der Waals surface area contributed by atoms with Crippen molar-refractivity contribution in [3.63, 3.8) is 0 Å². The topological polar surface area (TPSA) is 15.3 Å². The van der Waals surface area contributed by atoms with Crippen LogP contribution in [0.1, 0.15) is 18.4 Å². The number of piperazine rings is 1. The molecule has 2 nitrogen and oxygen atoms in total. The van der Waals surface area contributed by atoms with Gasteiger partial charge in [-0.05, 0) is 23.6 Å². The summed E-state index contributed by atoms with van der Waals surface area (Å²) in [5, 5.41) is 3.39. The van der Waals surface area contributed by atoms with Crippen LogP contribution in [0.2, 0.25) is 0 Å². The second-order valence-electron chi connectivity index (χ2n) is 4.50. The van der Waals surface area contributed by atoms with Gasteiger partial charge < -0.3 is 10.2 Å². The monoisotopic (exact) mass is 282 g/mol. The zero-order chi connectivity index (χ0) is 11.4. The van der Waals surface area contributed by atoms with Crippen molar-refractivity contribution in [1.82, 2.24) is 10.2 Å². The maximum Gasteiger partial charge on any atom is 0.0175 e. The van der Waals surface area contributed by atoms with Gasteiger partial charge in [0.2, 0.25) is 0 Å². The van der Waals surface area contributed by atoms with Crippen molar-refractivity contribution in [3.05, 3.63) is 34.3 Å². The predicted octanol–water partition coefficient (Wildman–Crippen LogP) is 2.46. The molecule has 0 saturated carbocycles. The average Bonchev–Trinajstić information content (AvgIpc) is 2.31. The van der Waals surface area contributed by atoms with Gasteiger partial charge in [0.25, 0.3) is 0 Å². The third-order valence-corrected chi connectivity index (χ3v) is 3.71. The van der Waals surface area contributed by atoms with E-state index in [0.29, 0.717) is 5.92 Å². The Morgan fingerprint density at radius 3 is 2.50 bits per heavy atom. The number of rotatable bonds is 3. The molecule has 2 rings (SSSR count). The Kier molecular flexibility index (Phi) is 4.38. The number of hydrogen-bond donors (Lipinski definition) is 1. The predicted molar refractivity (Wildman–Crippen MR) is 71.9 cm³/mol. The molecule has 3 heteroatoms. The first-order valence-electron chi connectivity index (χ1n) is 5.94. The summed E-state index contributed by atoms with van der Waals surface area (Å²) in [6, 6.07) is 8.70. The quantitative estimate of drug-likeness (QED) is 0.916. The molecule has 88 valence electrons. The molecule has 0 aromatic heterocycles. The van der Waals surface area contributed by atoms with Crippen LogP contribution < -0.4 is 5.32 Å². The summed E-state index contributed by atoms with van der Waals surface area (Å²) in [6.45, 7) is 8.11. The summed E-state index contributed by atoms with van der Waals surface area (Å²) in [6.07, 6.45) is 0. The maximum absolute atomic E-state index is 3.47. The minimum absolute atomic E-state index is 0.617. The van der Waals surface area contributed by atoms with E-state index in [-0.39, 0.29) is 0 Å². The zero-order valence-corrected chi connectivity index (χ0v) is 11.3. The third kappa shape index (κ3) is 3.30. The maximum atomic E-state index is 3.47. The summed E-state index contributed by atoms with van der Waals surface area (Å²) >= 11 is 3.47. The number of nitrogens with one attached hydrogen (secondary N) is 1. The van der Waals surface area contributed by atoms with Crippen LogP contribution in [0.5, 0.6) is 0 Å². The molecular formula is C13H19BrN2. The van der Waals surface area contributed by atoms with E-state index in [2.05, 4.69) is 57.3 Å². The van der Waals surface area contributed by atoms with Gasteiger partial charge in [0, 0.05) is 37.2 Å². The highest BCUT2D eigenvalue weighted by Crippen LogP contribution is 2.19. The van der Waals surface area contributed by atoms with Gasteiger partial charge in [-0.2, -0.15) is 0 Å². The fraction of sp³-hybridized carbons (Fsp3) is 0.538. The number of halogens is 1. The summed E-state index contributed by atoms with van der Waals surface area (Å²) < 4.78 is 1.16. The standard InChI is InChI=1S/C13H19BrN2/c1-11(10-16-8-6-15-7-9-16)12-2-4-13(14)5-3-12/h2-5,11,15H,6-10H2,1H3. The molecule has 0 amide bonds. The van der Waals surface area contributed by atoms with Crippen molar-refractivity contribution in [1.29, 1.82) is 0 Å². The lowest BCUT2D eigenvalue weighted by Crippen LogP contribution is -2.44. The molecule has 1 aromatic carbocycles. The molecule has 0 radical (unpaired) electrons. The van der Waals surface area contributed by atoms with Gasteiger partial charge in [0.05, 0.1) is 0 Å². The van der Waals surface area contributed by atoms with E-state index in [0.717, 1.165) is 17.6 Å². The molecule has 1 aromatic rings. The van der Waals surface area contributed by atoms with Gasteiger partial charge in [-0.1, -0.05) is 35.0 Å². The van der Waals surface area contributed by atoms with E-state index in [1.807, 2.05) is 0 Å². The molecule has 1 N–H and O–H groups in total. The Bertz CT molecular complexity index is 317. The summed E-state index contributed by atoms with van der Waals surface area (Å²) in [5.74, 6) is 0.617. The Hall–Kier alpha value is -0.380.